The van der Waals surface area contributed by atoms with Crippen molar-refractivity contribution >= 4 is 5.78 Å². The molecule has 0 aromatic heterocycles. The number of carbonyl (C=O) groups excluding carboxylic acids is 1. The number of Topliss-reactive ketones (excluding diaryl/α,β-unsaturated/α-hetero) is 1. The molecule has 0 aliphatic heterocycles. The van der Waals surface area contributed by atoms with Crippen LogP contribution in [0.1, 0.15) is 58.8 Å². The Morgan fingerprint density at radius 3 is 2.60 bits per heavy atom. The van der Waals surface area contributed by atoms with Crippen molar-refractivity contribution < 1.29 is 20.1 Å². The van der Waals surface area contributed by atoms with Gasteiger partial charge in [0.05, 0.1) is 12.2 Å². The molecule has 4 heteroatoms. The molecular formula is C21H30O4. The number of fused-ring (bicyclic) bond motifs is 1. The van der Waals surface area contributed by atoms with E-state index in [1.54, 1.807) is 0 Å². The van der Waals surface area contributed by atoms with Gasteiger partial charge < -0.3 is 15.3 Å². The maximum Gasteiger partial charge on any atom is 0.161 e. The minimum absolute atomic E-state index is 0.100. The van der Waals surface area contributed by atoms with Gasteiger partial charge >= 0.3 is 0 Å². The van der Waals surface area contributed by atoms with E-state index in [4.69, 9.17) is 0 Å². The summed E-state index contributed by atoms with van der Waals surface area (Å²) in [5.74, 6) is -0.100. The van der Waals surface area contributed by atoms with Gasteiger partial charge in [-0.15, -0.1) is 0 Å². The highest BCUT2D eigenvalue weighted by Crippen LogP contribution is 2.59. The number of hydrogen-bond donors (Lipinski definition) is 3. The third-order valence-electron chi connectivity index (χ3n) is 6.86. The standard InChI is InChI=1S/C21H30O4/c1-13-4-7-17(23)10-15(13)5-6-16-11-18(24)12-20(3)19(16)8-9-21(20,25)14(2)22/h5-6,17-19,23-25H,1,4,7-12H2,2-3H3/b15-5-,16-6+/t17-,18-,19+,20+,21+/m1/s1. The molecule has 138 valence electrons. The van der Waals surface area contributed by atoms with Gasteiger partial charge in [-0.05, 0) is 63.4 Å². The largest absolute Gasteiger partial charge is 0.393 e. The molecule has 0 spiro atoms. The van der Waals surface area contributed by atoms with Crippen LogP contribution in [0.3, 0.4) is 0 Å². The van der Waals surface area contributed by atoms with Crippen LogP contribution in [-0.2, 0) is 4.79 Å². The average Bonchev–Trinajstić information content (AvgIpc) is 2.80. The summed E-state index contributed by atoms with van der Waals surface area (Å²) >= 11 is 0. The van der Waals surface area contributed by atoms with E-state index in [9.17, 15) is 20.1 Å². The third-order valence-corrected chi connectivity index (χ3v) is 6.86. The highest BCUT2D eigenvalue weighted by atomic mass is 16.3. The fraction of sp³-hybridized carbons (Fsp3) is 0.667. The molecule has 0 aromatic carbocycles. The van der Waals surface area contributed by atoms with E-state index in [0.29, 0.717) is 25.7 Å². The first-order valence-corrected chi connectivity index (χ1v) is 9.34. The molecule has 0 bridgehead atoms. The van der Waals surface area contributed by atoms with Gasteiger partial charge in [0, 0.05) is 5.41 Å². The summed E-state index contributed by atoms with van der Waals surface area (Å²) in [6, 6.07) is 0. The minimum atomic E-state index is -1.35. The quantitative estimate of drug-likeness (QED) is 0.718. The van der Waals surface area contributed by atoms with Gasteiger partial charge in [0.15, 0.2) is 5.78 Å². The molecule has 3 rings (SSSR count). The monoisotopic (exact) mass is 346 g/mol. The van der Waals surface area contributed by atoms with Crippen molar-refractivity contribution in [1.29, 1.82) is 0 Å². The highest BCUT2D eigenvalue weighted by Gasteiger charge is 2.61. The van der Waals surface area contributed by atoms with Crippen molar-refractivity contribution in [3.05, 3.63) is 35.5 Å². The van der Waals surface area contributed by atoms with Crippen LogP contribution in [0.5, 0.6) is 0 Å². The Balaban J connectivity index is 1.92. The molecule has 0 saturated heterocycles. The Kier molecular flexibility index (Phi) is 4.82. The zero-order chi connectivity index (χ0) is 18.4. The molecule has 0 amide bonds. The first kappa shape index (κ1) is 18.6. The summed E-state index contributed by atoms with van der Waals surface area (Å²) in [6.45, 7) is 7.49. The summed E-state index contributed by atoms with van der Waals surface area (Å²) < 4.78 is 0. The fourth-order valence-corrected chi connectivity index (χ4v) is 5.28. The predicted molar refractivity (Wildman–Crippen MR) is 96.9 cm³/mol. The number of aliphatic hydroxyl groups excluding tert-OH is 2. The van der Waals surface area contributed by atoms with Crippen molar-refractivity contribution in [2.24, 2.45) is 11.3 Å². The van der Waals surface area contributed by atoms with Crippen LogP contribution in [0.2, 0.25) is 0 Å². The SMILES string of the molecule is C=C1CC[C@@H](O)C/C1=C/C=C1\C[C@@H](O)C[C@@]2(C)[C@H]1CC[C@]2(O)C(C)=O. The van der Waals surface area contributed by atoms with Gasteiger partial charge in [0.1, 0.15) is 5.60 Å². The van der Waals surface area contributed by atoms with Crippen molar-refractivity contribution in [2.75, 3.05) is 0 Å². The van der Waals surface area contributed by atoms with Gasteiger partial charge in [-0.3, -0.25) is 4.79 Å². The zero-order valence-electron chi connectivity index (χ0n) is 15.3. The van der Waals surface area contributed by atoms with Crippen LogP contribution in [-0.4, -0.2) is 38.9 Å². The van der Waals surface area contributed by atoms with E-state index in [2.05, 4.69) is 6.58 Å². The van der Waals surface area contributed by atoms with Crippen LogP contribution in [0.4, 0.5) is 0 Å². The number of carbonyl (C=O) groups is 1. The second-order valence-electron chi connectivity index (χ2n) is 8.42. The topological polar surface area (TPSA) is 77.8 Å². The Hall–Kier alpha value is -1.23. The third kappa shape index (κ3) is 3.05. The fourth-order valence-electron chi connectivity index (χ4n) is 5.28. The molecule has 3 aliphatic rings. The van der Waals surface area contributed by atoms with Crippen molar-refractivity contribution in [3.8, 4) is 0 Å². The van der Waals surface area contributed by atoms with Crippen molar-refractivity contribution in [2.45, 2.75) is 76.6 Å². The lowest BCUT2D eigenvalue weighted by atomic mass is 9.60. The first-order valence-electron chi connectivity index (χ1n) is 9.34. The molecule has 0 heterocycles. The van der Waals surface area contributed by atoms with Gasteiger partial charge in [-0.2, -0.15) is 0 Å². The number of hydrogen-bond acceptors (Lipinski definition) is 4. The first-order chi connectivity index (χ1) is 11.7. The Labute approximate surface area is 149 Å². The molecule has 0 aromatic rings. The van der Waals surface area contributed by atoms with Gasteiger partial charge in [-0.25, -0.2) is 0 Å². The number of ketones is 1. The van der Waals surface area contributed by atoms with E-state index in [0.717, 1.165) is 36.0 Å². The Morgan fingerprint density at radius 2 is 1.92 bits per heavy atom. The van der Waals surface area contributed by atoms with Crippen LogP contribution in [0, 0.1) is 11.3 Å². The summed E-state index contributed by atoms with van der Waals surface area (Å²) in [4.78, 5) is 12.1. The van der Waals surface area contributed by atoms with Gasteiger partial charge in [-0.1, -0.05) is 36.8 Å². The van der Waals surface area contributed by atoms with Gasteiger partial charge in [0.2, 0.25) is 0 Å². The van der Waals surface area contributed by atoms with E-state index in [1.165, 1.54) is 6.92 Å². The number of aliphatic hydroxyl groups is 3. The van der Waals surface area contributed by atoms with E-state index in [1.807, 2.05) is 19.1 Å². The normalized spacial score (nSPS) is 45.0. The zero-order valence-corrected chi connectivity index (χ0v) is 15.3. The van der Waals surface area contributed by atoms with Crippen molar-refractivity contribution in [1.82, 2.24) is 0 Å². The summed E-state index contributed by atoms with van der Waals surface area (Å²) in [7, 11) is 0. The summed E-state index contributed by atoms with van der Waals surface area (Å²) in [6.07, 6.45) is 7.63. The van der Waals surface area contributed by atoms with Crippen LogP contribution in [0.15, 0.2) is 35.5 Å². The molecule has 3 N–H and O–H groups in total. The smallest absolute Gasteiger partial charge is 0.161 e. The van der Waals surface area contributed by atoms with Crippen molar-refractivity contribution in [3.63, 3.8) is 0 Å². The Bertz CT molecular complexity index is 646. The van der Waals surface area contributed by atoms with E-state index >= 15 is 0 Å². The molecule has 4 nitrogen and oxygen atoms in total. The predicted octanol–water partition coefficient (Wildman–Crippen LogP) is 2.83. The maximum atomic E-state index is 12.1. The van der Waals surface area contributed by atoms with Crippen LogP contribution in [0.25, 0.3) is 0 Å². The number of rotatable bonds is 2. The van der Waals surface area contributed by atoms with Gasteiger partial charge in [0.25, 0.3) is 0 Å². The minimum Gasteiger partial charge on any atom is -0.393 e. The molecule has 0 radical (unpaired) electrons. The molecular weight excluding hydrogens is 316 g/mol. The lowest BCUT2D eigenvalue weighted by Crippen LogP contribution is -2.53. The second-order valence-corrected chi connectivity index (χ2v) is 8.42. The average molecular weight is 346 g/mol. The molecule has 0 unspecified atom stereocenters. The maximum absolute atomic E-state index is 12.1. The van der Waals surface area contributed by atoms with E-state index < -0.39 is 17.1 Å². The lowest BCUT2D eigenvalue weighted by molar-refractivity contribution is -0.152. The Morgan fingerprint density at radius 1 is 1.20 bits per heavy atom. The molecule has 3 saturated carbocycles. The van der Waals surface area contributed by atoms with Crippen LogP contribution < -0.4 is 0 Å². The molecule has 3 fully saturated rings. The molecule has 5 atom stereocenters. The summed E-state index contributed by atoms with van der Waals surface area (Å²) in [5, 5.41) is 31.3. The highest BCUT2D eigenvalue weighted by molar-refractivity contribution is 5.86. The second kappa shape index (κ2) is 6.49. The molecule has 25 heavy (non-hydrogen) atoms. The lowest BCUT2D eigenvalue weighted by Gasteiger charge is -2.47. The number of allylic oxidation sites excluding steroid dienone is 3. The summed E-state index contributed by atoms with van der Waals surface area (Å²) in [5.41, 5.74) is 1.25. The molecule has 3 aliphatic carbocycles. The van der Waals surface area contributed by atoms with E-state index in [-0.39, 0.29) is 17.8 Å². The van der Waals surface area contributed by atoms with Crippen LogP contribution >= 0.6 is 0 Å².